The van der Waals surface area contributed by atoms with Gasteiger partial charge in [0, 0.05) is 11.8 Å². The molecule has 1 N–H and O–H groups in total. The Morgan fingerprint density at radius 1 is 1.90 bits per heavy atom. The van der Waals surface area contributed by atoms with Gasteiger partial charge in [-0.25, -0.2) is 4.39 Å². The third-order valence-corrected chi connectivity index (χ3v) is 2.50. The van der Waals surface area contributed by atoms with Gasteiger partial charge >= 0.3 is 5.97 Å². The molecule has 0 unspecified atom stereocenters. The van der Waals surface area contributed by atoms with Crippen molar-refractivity contribution in [1.29, 1.82) is 0 Å². The van der Waals surface area contributed by atoms with E-state index in [1.54, 1.807) is 0 Å². The highest BCUT2D eigenvalue weighted by Crippen LogP contribution is 2.63. The van der Waals surface area contributed by atoms with Crippen molar-refractivity contribution in [3.05, 3.63) is 0 Å². The zero-order chi connectivity index (χ0) is 7.99. The molecule has 1 fully saturated rings. The van der Waals surface area contributed by atoms with Crippen molar-refractivity contribution < 1.29 is 14.3 Å². The van der Waals surface area contributed by atoms with E-state index in [1.807, 2.05) is 0 Å². The summed E-state index contributed by atoms with van der Waals surface area (Å²) in [5.41, 5.74) is -0.833. The normalized spacial score (nSPS) is 45.1. The van der Waals surface area contributed by atoms with E-state index in [9.17, 15) is 9.18 Å². The van der Waals surface area contributed by atoms with E-state index < -0.39 is 16.5 Å². The second-order valence-electron chi connectivity index (χ2n) is 3.01. The average molecular weight is 167 g/mol. The van der Waals surface area contributed by atoms with Gasteiger partial charge in [0.15, 0.2) is 5.13 Å². The third-order valence-electron chi connectivity index (χ3n) is 1.91. The van der Waals surface area contributed by atoms with Gasteiger partial charge in [0.05, 0.1) is 6.42 Å². The minimum Gasteiger partial charge on any atom is -0.481 e. The fraction of sp³-hybridized carbons (Fsp3) is 0.833. The van der Waals surface area contributed by atoms with Crippen LogP contribution in [0.4, 0.5) is 4.39 Å². The molecule has 0 radical (unpaired) electrons. The van der Waals surface area contributed by atoms with Crippen LogP contribution in [0.3, 0.4) is 0 Å². The lowest BCUT2D eigenvalue weighted by Gasteiger charge is -2.05. The Kier molecular flexibility index (Phi) is 1.44. The van der Waals surface area contributed by atoms with Crippen molar-refractivity contribution in [1.82, 2.24) is 0 Å². The highest BCUT2D eigenvalue weighted by Gasteiger charge is 2.65. The average Bonchev–Trinajstić information content (AvgIpc) is 2.01. The van der Waals surface area contributed by atoms with E-state index in [0.29, 0.717) is 0 Å². The van der Waals surface area contributed by atoms with Crippen molar-refractivity contribution in [2.45, 2.75) is 24.9 Å². The van der Waals surface area contributed by atoms with E-state index in [0.717, 1.165) is 0 Å². The molecule has 4 heteroatoms. The summed E-state index contributed by atoms with van der Waals surface area (Å²) in [5.74, 6) is -0.998. The maximum Gasteiger partial charge on any atom is 0.304 e. The van der Waals surface area contributed by atoms with Gasteiger partial charge in [-0.1, -0.05) is 18.5 Å². The molecule has 0 aromatic carbocycles. The van der Waals surface area contributed by atoms with Gasteiger partial charge in [-0.2, -0.15) is 0 Å². The molecule has 2 atom stereocenters. The highest BCUT2D eigenvalue weighted by atomic mass is 35.5. The zero-order valence-corrected chi connectivity index (χ0v) is 6.28. The Labute approximate surface area is 63.0 Å². The monoisotopic (exact) mass is 166 g/mol. The van der Waals surface area contributed by atoms with Crippen molar-refractivity contribution in [2.75, 3.05) is 0 Å². The van der Waals surface area contributed by atoms with Gasteiger partial charge in [0.2, 0.25) is 0 Å². The van der Waals surface area contributed by atoms with E-state index in [4.69, 9.17) is 16.7 Å². The number of hydrogen-bond acceptors (Lipinski definition) is 1. The lowest BCUT2D eigenvalue weighted by atomic mass is 10.1. The van der Waals surface area contributed by atoms with Crippen LogP contribution in [0, 0.1) is 5.41 Å². The molecule has 0 saturated heterocycles. The molecule has 1 aliphatic carbocycles. The molecule has 58 valence electrons. The Hall–Kier alpha value is -0.310. The van der Waals surface area contributed by atoms with Crippen molar-refractivity contribution in [3.8, 4) is 0 Å². The quantitative estimate of drug-likeness (QED) is 0.635. The molecule has 0 aromatic heterocycles. The number of carboxylic acids is 1. The first-order chi connectivity index (χ1) is 4.37. The van der Waals surface area contributed by atoms with Crippen LogP contribution in [0.2, 0.25) is 0 Å². The molecule has 1 aliphatic rings. The summed E-state index contributed by atoms with van der Waals surface area (Å²) < 4.78 is 12.7. The fourth-order valence-electron chi connectivity index (χ4n) is 0.971. The highest BCUT2D eigenvalue weighted by molar-refractivity contribution is 6.25. The first kappa shape index (κ1) is 7.79. The first-order valence-corrected chi connectivity index (χ1v) is 3.35. The third kappa shape index (κ3) is 1.10. The number of aliphatic carboxylic acids is 1. The Morgan fingerprint density at radius 2 is 2.30 bits per heavy atom. The van der Waals surface area contributed by atoms with Crippen molar-refractivity contribution in [3.63, 3.8) is 0 Å². The Morgan fingerprint density at radius 3 is 2.40 bits per heavy atom. The van der Waals surface area contributed by atoms with Crippen LogP contribution in [-0.4, -0.2) is 16.2 Å². The fourth-order valence-corrected chi connectivity index (χ4v) is 1.33. The van der Waals surface area contributed by atoms with Gasteiger partial charge in [-0.05, 0) is 0 Å². The summed E-state index contributed by atoms with van der Waals surface area (Å²) in [5, 5.41) is 6.52. The van der Waals surface area contributed by atoms with Gasteiger partial charge in [-0.3, -0.25) is 4.79 Å². The van der Waals surface area contributed by atoms with E-state index in [2.05, 4.69) is 0 Å². The van der Waals surface area contributed by atoms with Gasteiger partial charge in [-0.15, -0.1) is 0 Å². The molecule has 0 heterocycles. The van der Waals surface area contributed by atoms with Crippen LogP contribution in [0.15, 0.2) is 0 Å². The van der Waals surface area contributed by atoms with Crippen LogP contribution >= 0.6 is 11.6 Å². The topological polar surface area (TPSA) is 37.3 Å². The van der Waals surface area contributed by atoms with E-state index in [1.165, 1.54) is 6.92 Å². The first-order valence-electron chi connectivity index (χ1n) is 2.97. The smallest absolute Gasteiger partial charge is 0.304 e. The number of alkyl halides is 2. The lowest BCUT2D eigenvalue weighted by Crippen LogP contribution is -2.11. The predicted molar refractivity (Wildman–Crippen MR) is 34.7 cm³/mol. The van der Waals surface area contributed by atoms with Crippen LogP contribution in [0.5, 0.6) is 0 Å². The second kappa shape index (κ2) is 1.84. The second-order valence-corrected chi connectivity index (χ2v) is 3.61. The largest absolute Gasteiger partial charge is 0.481 e. The van der Waals surface area contributed by atoms with Gasteiger partial charge in [0.1, 0.15) is 0 Å². The van der Waals surface area contributed by atoms with E-state index in [-0.39, 0.29) is 12.8 Å². The SMILES string of the molecule is C[C@@]1(CC(=O)O)C[C@@]1(F)Cl. The lowest BCUT2D eigenvalue weighted by molar-refractivity contribution is -0.138. The number of hydrogen-bond donors (Lipinski definition) is 1. The van der Waals surface area contributed by atoms with Crippen molar-refractivity contribution >= 4 is 17.6 Å². The molecule has 10 heavy (non-hydrogen) atoms. The Balaban J connectivity index is 2.52. The maximum absolute atomic E-state index is 12.7. The standard InChI is InChI=1S/C6H8ClFO2/c1-5(2-4(9)10)3-6(5,7)8/h2-3H2,1H3,(H,9,10)/t5-,6+/m1/s1. The summed E-state index contributed by atoms with van der Waals surface area (Å²) in [4.78, 5) is 10.1. The molecular weight excluding hydrogens is 159 g/mol. The van der Waals surface area contributed by atoms with Crippen molar-refractivity contribution in [2.24, 2.45) is 5.41 Å². The minimum absolute atomic E-state index is 0.147. The number of rotatable bonds is 2. The molecule has 0 amide bonds. The molecule has 0 aromatic rings. The molecule has 1 saturated carbocycles. The molecule has 0 aliphatic heterocycles. The number of halogens is 2. The minimum atomic E-state index is -1.77. The molecular formula is C6H8ClFO2. The zero-order valence-electron chi connectivity index (χ0n) is 5.53. The number of carbonyl (C=O) groups is 1. The summed E-state index contributed by atoms with van der Waals surface area (Å²) in [6.07, 6.45) is -0.0408. The van der Waals surface area contributed by atoms with Crippen LogP contribution < -0.4 is 0 Å². The summed E-state index contributed by atoms with van der Waals surface area (Å²) in [6.45, 7) is 1.54. The summed E-state index contributed by atoms with van der Waals surface area (Å²) >= 11 is 5.26. The molecule has 0 bridgehead atoms. The van der Waals surface area contributed by atoms with Gasteiger partial charge < -0.3 is 5.11 Å². The molecule has 1 rings (SSSR count). The van der Waals surface area contributed by atoms with Crippen LogP contribution in [0.25, 0.3) is 0 Å². The molecule has 0 spiro atoms. The van der Waals surface area contributed by atoms with Crippen LogP contribution in [0.1, 0.15) is 19.8 Å². The maximum atomic E-state index is 12.7. The Bertz CT molecular complexity index is 181. The summed E-state index contributed by atoms with van der Waals surface area (Å²) in [6, 6.07) is 0. The predicted octanol–water partition coefficient (Wildman–Crippen LogP) is 1.78. The number of carboxylic acid groups (broad SMARTS) is 1. The van der Waals surface area contributed by atoms with Gasteiger partial charge in [0.25, 0.3) is 0 Å². The van der Waals surface area contributed by atoms with Crippen LogP contribution in [-0.2, 0) is 4.79 Å². The molecule has 2 nitrogen and oxygen atoms in total. The summed E-state index contributed by atoms with van der Waals surface area (Å²) in [7, 11) is 0. The van der Waals surface area contributed by atoms with E-state index >= 15 is 0 Å².